The van der Waals surface area contributed by atoms with Crippen molar-refractivity contribution >= 4 is 5.91 Å². The van der Waals surface area contributed by atoms with E-state index in [9.17, 15) is 4.79 Å². The van der Waals surface area contributed by atoms with Gasteiger partial charge in [-0.2, -0.15) is 5.10 Å². The van der Waals surface area contributed by atoms with Crippen LogP contribution in [0.25, 0.3) is 11.4 Å². The number of hydrogen-bond donors (Lipinski definition) is 0. The van der Waals surface area contributed by atoms with Crippen molar-refractivity contribution in [3.8, 4) is 11.4 Å². The molecule has 0 bridgehead atoms. The molecule has 1 aliphatic heterocycles. The molecule has 0 radical (unpaired) electrons. The zero-order valence-corrected chi connectivity index (χ0v) is 11.7. The SMILES string of the molecule is CC(=O)N1CCCC1c1cncc(-c2ccnn2C)n1. The standard InChI is InChI=1S/C14H17N5O/c1-10(20)19-7-3-4-14(19)12-9-15-8-11(17-12)13-5-6-16-18(13)2/h5-6,8-9,14H,3-4,7H2,1-2H3. The maximum Gasteiger partial charge on any atom is 0.220 e. The smallest absolute Gasteiger partial charge is 0.220 e. The fraction of sp³-hybridized carbons (Fsp3) is 0.429. The number of carbonyl (C=O) groups excluding carboxylic acids is 1. The molecule has 2 aromatic heterocycles. The number of rotatable bonds is 2. The Morgan fingerprint density at radius 1 is 1.40 bits per heavy atom. The van der Waals surface area contributed by atoms with Gasteiger partial charge in [0.05, 0.1) is 29.8 Å². The van der Waals surface area contributed by atoms with Gasteiger partial charge in [0.15, 0.2) is 0 Å². The summed E-state index contributed by atoms with van der Waals surface area (Å²) in [4.78, 5) is 22.5. The summed E-state index contributed by atoms with van der Waals surface area (Å²) in [6, 6.07) is 1.96. The van der Waals surface area contributed by atoms with Gasteiger partial charge in [-0.3, -0.25) is 14.5 Å². The van der Waals surface area contributed by atoms with Crippen LogP contribution in [-0.2, 0) is 11.8 Å². The van der Waals surface area contributed by atoms with E-state index in [4.69, 9.17) is 0 Å². The second-order valence-electron chi connectivity index (χ2n) is 5.04. The number of likely N-dealkylation sites (tertiary alicyclic amines) is 1. The molecule has 104 valence electrons. The van der Waals surface area contributed by atoms with Crippen LogP contribution in [0.2, 0.25) is 0 Å². The summed E-state index contributed by atoms with van der Waals surface area (Å²) in [5.74, 6) is 0.0974. The van der Waals surface area contributed by atoms with Crippen molar-refractivity contribution in [2.45, 2.75) is 25.8 Å². The topological polar surface area (TPSA) is 63.9 Å². The lowest BCUT2D eigenvalue weighted by Gasteiger charge is -2.22. The van der Waals surface area contributed by atoms with E-state index in [2.05, 4.69) is 15.1 Å². The summed E-state index contributed by atoms with van der Waals surface area (Å²) >= 11 is 0. The Hall–Kier alpha value is -2.24. The van der Waals surface area contributed by atoms with Gasteiger partial charge in [-0.15, -0.1) is 0 Å². The normalized spacial score (nSPS) is 18.5. The summed E-state index contributed by atoms with van der Waals surface area (Å²) in [5.41, 5.74) is 2.57. The Balaban J connectivity index is 1.96. The van der Waals surface area contributed by atoms with Gasteiger partial charge < -0.3 is 4.90 Å². The van der Waals surface area contributed by atoms with Gasteiger partial charge in [0.2, 0.25) is 5.91 Å². The van der Waals surface area contributed by atoms with Crippen LogP contribution in [-0.4, -0.2) is 37.1 Å². The van der Waals surface area contributed by atoms with Crippen molar-refractivity contribution < 1.29 is 4.79 Å². The maximum atomic E-state index is 11.7. The van der Waals surface area contributed by atoms with Gasteiger partial charge in [-0.25, -0.2) is 4.98 Å². The summed E-state index contributed by atoms with van der Waals surface area (Å²) < 4.78 is 1.77. The summed E-state index contributed by atoms with van der Waals surface area (Å²) in [5, 5.41) is 4.15. The molecular weight excluding hydrogens is 254 g/mol. The fourth-order valence-corrected chi connectivity index (χ4v) is 2.74. The van der Waals surface area contributed by atoms with Crippen LogP contribution in [0.15, 0.2) is 24.7 Å². The fourth-order valence-electron chi connectivity index (χ4n) is 2.74. The second-order valence-corrected chi connectivity index (χ2v) is 5.04. The molecule has 1 aliphatic rings. The first kappa shape index (κ1) is 12.8. The maximum absolute atomic E-state index is 11.7. The predicted molar refractivity (Wildman–Crippen MR) is 73.6 cm³/mol. The van der Waals surface area contributed by atoms with E-state index in [1.165, 1.54) is 0 Å². The third-order valence-electron chi connectivity index (χ3n) is 3.74. The Morgan fingerprint density at radius 2 is 2.25 bits per heavy atom. The Labute approximate surface area is 117 Å². The minimum Gasteiger partial charge on any atom is -0.334 e. The molecular formula is C14H17N5O. The van der Waals surface area contributed by atoms with E-state index in [-0.39, 0.29) is 11.9 Å². The van der Waals surface area contributed by atoms with E-state index >= 15 is 0 Å². The highest BCUT2D eigenvalue weighted by atomic mass is 16.2. The van der Waals surface area contributed by atoms with E-state index in [0.29, 0.717) is 0 Å². The summed E-state index contributed by atoms with van der Waals surface area (Å²) in [7, 11) is 1.88. The van der Waals surface area contributed by atoms with Crippen molar-refractivity contribution in [1.29, 1.82) is 0 Å². The highest BCUT2D eigenvalue weighted by molar-refractivity contribution is 5.74. The van der Waals surface area contributed by atoms with Gasteiger partial charge in [-0.1, -0.05) is 0 Å². The van der Waals surface area contributed by atoms with E-state index in [1.807, 2.05) is 18.0 Å². The molecule has 0 aromatic carbocycles. The molecule has 3 rings (SSSR count). The van der Waals surface area contributed by atoms with Crippen LogP contribution in [0.1, 0.15) is 31.5 Å². The van der Waals surface area contributed by atoms with Gasteiger partial charge in [0, 0.05) is 26.7 Å². The molecule has 0 N–H and O–H groups in total. The average Bonchev–Trinajstić information content (AvgIpc) is 3.07. The van der Waals surface area contributed by atoms with Crippen LogP contribution < -0.4 is 0 Å². The zero-order valence-electron chi connectivity index (χ0n) is 11.7. The Kier molecular flexibility index (Phi) is 3.22. The van der Waals surface area contributed by atoms with Crippen LogP contribution >= 0.6 is 0 Å². The first-order chi connectivity index (χ1) is 9.66. The molecule has 0 saturated carbocycles. The quantitative estimate of drug-likeness (QED) is 0.831. The molecule has 0 spiro atoms. The zero-order chi connectivity index (χ0) is 14.1. The number of nitrogens with zero attached hydrogens (tertiary/aromatic N) is 5. The monoisotopic (exact) mass is 271 g/mol. The number of hydrogen-bond acceptors (Lipinski definition) is 4. The summed E-state index contributed by atoms with van der Waals surface area (Å²) in [6.45, 7) is 2.41. The van der Waals surface area contributed by atoms with E-state index < -0.39 is 0 Å². The Morgan fingerprint density at radius 3 is 2.95 bits per heavy atom. The minimum absolute atomic E-state index is 0.0492. The predicted octanol–water partition coefficient (Wildman–Crippen LogP) is 1.56. The van der Waals surface area contributed by atoms with Crippen LogP contribution in [0.5, 0.6) is 0 Å². The van der Waals surface area contributed by atoms with Crippen molar-refractivity contribution in [2.75, 3.05) is 6.54 Å². The lowest BCUT2D eigenvalue weighted by atomic mass is 10.1. The molecule has 3 heterocycles. The van der Waals surface area contributed by atoms with Gasteiger partial charge in [0.1, 0.15) is 5.69 Å². The first-order valence-corrected chi connectivity index (χ1v) is 6.74. The molecule has 1 unspecified atom stereocenters. The molecule has 0 aliphatic carbocycles. The van der Waals surface area contributed by atoms with Gasteiger partial charge in [0.25, 0.3) is 0 Å². The molecule has 1 fully saturated rings. The number of aromatic nitrogens is 4. The lowest BCUT2D eigenvalue weighted by molar-refractivity contribution is -0.129. The van der Waals surface area contributed by atoms with E-state index in [1.54, 1.807) is 30.2 Å². The number of carbonyl (C=O) groups is 1. The van der Waals surface area contributed by atoms with Crippen LogP contribution in [0.3, 0.4) is 0 Å². The third kappa shape index (κ3) is 2.17. The first-order valence-electron chi connectivity index (χ1n) is 6.74. The molecule has 6 nitrogen and oxygen atoms in total. The molecule has 1 saturated heterocycles. The molecule has 20 heavy (non-hydrogen) atoms. The highest BCUT2D eigenvalue weighted by Crippen LogP contribution is 2.31. The molecule has 1 atom stereocenters. The lowest BCUT2D eigenvalue weighted by Crippen LogP contribution is -2.28. The number of aryl methyl sites for hydroxylation is 1. The molecule has 1 amide bonds. The summed E-state index contributed by atoms with van der Waals surface area (Å²) in [6.07, 6.45) is 7.19. The largest absolute Gasteiger partial charge is 0.334 e. The van der Waals surface area contributed by atoms with E-state index in [0.717, 1.165) is 36.5 Å². The second kappa shape index (κ2) is 5.03. The Bertz CT molecular complexity index is 636. The van der Waals surface area contributed by atoms with Crippen molar-refractivity contribution in [3.63, 3.8) is 0 Å². The molecule has 2 aromatic rings. The van der Waals surface area contributed by atoms with Crippen molar-refractivity contribution in [2.24, 2.45) is 7.05 Å². The van der Waals surface area contributed by atoms with Gasteiger partial charge in [-0.05, 0) is 18.9 Å². The van der Waals surface area contributed by atoms with Crippen LogP contribution in [0.4, 0.5) is 0 Å². The van der Waals surface area contributed by atoms with Gasteiger partial charge >= 0.3 is 0 Å². The van der Waals surface area contributed by atoms with Crippen molar-refractivity contribution in [1.82, 2.24) is 24.6 Å². The highest BCUT2D eigenvalue weighted by Gasteiger charge is 2.29. The van der Waals surface area contributed by atoms with Crippen molar-refractivity contribution in [3.05, 3.63) is 30.4 Å². The average molecular weight is 271 g/mol. The van der Waals surface area contributed by atoms with Crippen LogP contribution in [0, 0.1) is 0 Å². The third-order valence-corrected chi connectivity index (χ3v) is 3.74. The molecule has 6 heteroatoms. The minimum atomic E-state index is 0.0492. The number of amides is 1.